The number of hydrogen-bond acceptors (Lipinski definition) is 6. The second-order valence-corrected chi connectivity index (χ2v) is 9.70. The topological polar surface area (TPSA) is 88.8 Å². The first-order valence-electron chi connectivity index (χ1n) is 12.3. The van der Waals surface area contributed by atoms with Crippen LogP contribution in [-0.4, -0.2) is 22.8 Å². The van der Waals surface area contributed by atoms with E-state index in [0.717, 1.165) is 16.7 Å². The van der Waals surface area contributed by atoms with Gasteiger partial charge in [0.1, 0.15) is 11.3 Å². The predicted octanol–water partition coefficient (Wildman–Crippen LogP) is 5.56. The van der Waals surface area contributed by atoms with Crippen molar-refractivity contribution in [1.29, 1.82) is 0 Å². The van der Waals surface area contributed by atoms with Crippen LogP contribution in [0, 0.1) is 6.92 Å². The fourth-order valence-corrected chi connectivity index (χ4v) is 4.65. The van der Waals surface area contributed by atoms with Crippen LogP contribution in [0.2, 0.25) is 0 Å². The van der Waals surface area contributed by atoms with Crippen molar-refractivity contribution in [3.05, 3.63) is 105 Å². The molecule has 5 rings (SSSR count). The van der Waals surface area contributed by atoms with Gasteiger partial charge in [0.15, 0.2) is 5.43 Å². The lowest BCUT2D eigenvalue weighted by Crippen LogP contribution is -2.30. The zero-order chi connectivity index (χ0) is 26.3. The van der Waals surface area contributed by atoms with Gasteiger partial charge in [0.05, 0.1) is 17.0 Å². The van der Waals surface area contributed by atoms with Crippen LogP contribution in [0.3, 0.4) is 0 Å². The molecule has 7 heteroatoms. The summed E-state index contributed by atoms with van der Waals surface area (Å²) in [5, 5.41) is 0.448. The molecule has 0 saturated heterocycles. The lowest BCUT2D eigenvalue weighted by Gasteiger charge is -2.19. The van der Waals surface area contributed by atoms with E-state index in [-0.39, 0.29) is 17.4 Å². The van der Waals surface area contributed by atoms with E-state index in [9.17, 15) is 14.4 Å². The highest BCUT2D eigenvalue weighted by Crippen LogP contribution is 2.32. The summed E-state index contributed by atoms with van der Waals surface area (Å²) in [4.78, 5) is 45.4. The van der Waals surface area contributed by atoms with Gasteiger partial charge in [-0.2, -0.15) is 0 Å². The van der Waals surface area contributed by atoms with Gasteiger partial charge in [-0.15, -0.1) is 5.48 Å². The summed E-state index contributed by atoms with van der Waals surface area (Å²) in [7, 11) is 0. The van der Waals surface area contributed by atoms with Gasteiger partial charge >= 0.3 is 5.97 Å². The maximum atomic E-state index is 13.2. The molecule has 2 heterocycles. The van der Waals surface area contributed by atoms with Crippen molar-refractivity contribution >= 4 is 22.8 Å². The lowest BCUT2D eigenvalue weighted by atomic mass is 10.0. The summed E-state index contributed by atoms with van der Waals surface area (Å²) in [5.74, 6) is -0.0803. The van der Waals surface area contributed by atoms with E-state index in [2.05, 4.69) is 5.48 Å². The van der Waals surface area contributed by atoms with Crippen molar-refractivity contribution in [2.45, 2.75) is 46.3 Å². The molecule has 1 aliphatic rings. The number of rotatable bonds is 6. The van der Waals surface area contributed by atoms with Crippen LogP contribution in [0.25, 0.3) is 22.3 Å². The predicted molar refractivity (Wildman–Crippen MR) is 141 cm³/mol. The molecule has 0 saturated carbocycles. The molecule has 4 aromatic rings. The van der Waals surface area contributed by atoms with E-state index < -0.39 is 12.0 Å². The molecular weight excluding hydrogens is 468 g/mol. The average molecular weight is 497 g/mol. The lowest BCUT2D eigenvalue weighted by molar-refractivity contribution is 0.0169. The number of nitrogens with zero attached hydrogens (tertiary/aromatic N) is 1. The molecule has 37 heavy (non-hydrogen) atoms. The number of hydroxylamine groups is 1. The molecule has 1 amide bonds. The fraction of sp³-hybridized carbons (Fsp3) is 0.233. The average Bonchev–Trinajstić information content (AvgIpc) is 3.23. The molecule has 0 aliphatic carbocycles. The Labute approximate surface area is 214 Å². The SMILES string of the molecule is Cc1cc(C(C)NOC(=O)c2ccccc2)c2oc(-c3ccc4c(c3)CN(C(C)C)C4=O)cc(=O)c2c1. The first kappa shape index (κ1) is 24.5. The van der Waals surface area contributed by atoms with E-state index in [1.54, 1.807) is 36.4 Å². The van der Waals surface area contributed by atoms with E-state index in [1.807, 2.05) is 56.9 Å². The second kappa shape index (κ2) is 9.67. The largest absolute Gasteiger partial charge is 0.455 e. The zero-order valence-corrected chi connectivity index (χ0v) is 21.2. The fourth-order valence-electron chi connectivity index (χ4n) is 4.65. The van der Waals surface area contributed by atoms with Crippen LogP contribution in [0.4, 0.5) is 0 Å². The summed E-state index contributed by atoms with van der Waals surface area (Å²) in [6.07, 6.45) is 0. The number of carbonyl (C=O) groups is 2. The molecule has 0 spiro atoms. The highest BCUT2D eigenvalue weighted by Gasteiger charge is 2.29. The van der Waals surface area contributed by atoms with E-state index in [1.165, 1.54) is 6.07 Å². The highest BCUT2D eigenvalue weighted by atomic mass is 16.7. The molecule has 7 nitrogen and oxygen atoms in total. The van der Waals surface area contributed by atoms with Gasteiger partial charge in [-0.1, -0.05) is 30.3 Å². The Morgan fingerprint density at radius 1 is 1.00 bits per heavy atom. The summed E-state index contributed by atoms with van der Waals surface area (Å²) in [6.45, 7) is 8.24. The first-order valence-corrected chi connectivity index (χ1v) is 12.3. The third-order valence-corrected chi connectivity index (χ3v) is 6.65. The smallest absolute Gasteiger partial charge is 0.356 e. The van der Waals surface area contributed by atoms with Crippen LogP contribution in [0.1, 0.15) is 64.2 Å². The zero-order valence-electron chi connectivity index (χ0n) is 21.2. The van der Waals surface area contributed by atoms with Gasteiger partial charge in [0.2, 0.25) is 0 Å². The maximum absolute atomic E-state index is 13.2. The third-order valence-electron chi connectivity index (χ3n) is 6.65. The summed E-state index contributed by atoms with van der Waals surface area (Å²) < 4.78 is 6.31. The minimum absolute atomic E-state index is 0.0132. The van der Waals surface area contributed by atoms with Crippen LogP contribution in [0.5, 0.6) is 0 Å². The van der Waals surface area contributed by atoms with Crippen LogP contribution < -0.4 is 10.9 Å². The number of benzene rings is 3. The van der Waals surface area contributed by atoms with E-state index >= 15 is 0 Å². The minimum Gasteiger partial charge on any atom is -0.455 e. The summed E-state index contributed by atoms with van der Waals surface area (Å²) in [6, 6.07) is 19.0. The van der Waals surface area contributed by atoms with E-state index in [0.29, 0.717) is 40.0 Å². The van der Waals surface area contributed by atoms with Gasteiger partial charge in [-0.3, -0.25) is 9.59 Å². The number of fused-ring (bicyclic) bond motifs is 2. The van der Waals surface area contributed by atoms with Gasteiger partial charge in [0.25, 0.3) is 5.91 Å². The normalized spacial score (nSPS) is 13.8. The van der Waals surface area contributed by atoms with Crippen molar-refractivity contribution in [3.8, 4) is 11.3 Å². The van der Waals surface area contributed by atoms with Crippen molar-refractivity contribution < 1.29 is 18.8 Å². The highest BCUT2D eigenvalue weighted by molar-refractivity contribution is 5.99. The van der Waals surface area contributed by atoms with Crippen LogP contribution in [-0.2, 0) is 11.4 Å². The second-order valence-electron chi connectivity index (χ2n) is 9.70. The Bertz CT molecular complexity index is 1570. The molecule has 1 unspecified atom stereocenters. The molecule has 0 fully saturated rings. The third kappa shape index (κ3) is 4.66. The monoisotopic (exact) mass is 496 g/mol. The van der Waals surface area contributed by atoms with Gasteiger partial charge in [0, 0.05) is 35.3 Å². The number of amides is 1. The molecule has 1 aromatic heterocycles. The maximum Gasteiger partial charge on any atom is 0.356 e. The van der Waals surface area contributed by atoms with Crippen molar-refractivity contribution in [1.82, 2.24) is 10.4 Å². The van der Waals surface area contributed by atoms with Gasteiger partial charge < -0.3 is 14.2 Å². The molecule has 1 aliphatic heterocycles. The summed E-state index contributed by atoms with van der Waals surface area (Å²) >= 11 is 0. The minimum atomic E-state index is -0.505. The molecular formula is C30H28N2O5. The standard InChI is InChI=1S/C30H28N2O5/c1-17(2)32-16-22-14-21(10-11-23(22)29(32)34)27-15-26(33)25-13-18(3)12-24(28(25)36-27)19(4)31-37-30(35)20-8-6-5-7-9-20/h5-15,17,19,31H,16H2,1-4H3. The Morgan fingerprint density at radius 3 is 2.49 bits per heavy atom. The van der Waals surface area contributed by atoms with Crippen LogP contribution >= 0.6 is 0 Å². The Hall–Kier alpha value is -4.23. The number of nitrogens with one attached hydrogen (secondary N) is 1. The molecule has 0 bridgehead atoms. The van der Waals surface area contributed by atoms with Gasteiger partial charge in [-0.25, -0.2) is 4.79 Å². The number of aryl methyl sites for hydroxylation is 1. The number of hydrogen-bond donors (Lipinski definition) is 1. The molecule has 188 valence electrons. The van der Waals surface area contributed by atoms with Crippen molar-refractivity contribution in [2.75, 3.05) is 0 Å². The quantitative estimate of drug-likeness (QED) is 0.352. The van der Waals surface area contributed by atoms with Gasteiger partial charge in [-0.05, 0) is 69.2 Å². The molecule has 3 aromatic carbocycles. The van der Waals surface area contributed by atoms with Crippen molar-refractivity contribution in [2.24, 2.45) is 0 Å². The van der Waals surface area contributed by atoms with E-state index in [4.69, 9.17) is 9.25 Å². The molecule has 0 radical (unpaired) electrons. The Kier molecular flexibility index (Phi) is 6.39. The molecule has 1 N–H and O–H groups in total. The first-order chi connectivity index (χ1) is 17.7. The molecule has 1 atom stereocenters. The summed E-state index contributed by atoms with van der Waals surface area (Å²) in [5.41, 5.74) is 7.35. The number of carbonyl (C=O) groups excluding carboxylic acids is 2. The van der Waals surface area contributed by atoms with Crippen LogP contribution in [0.15, 0.2) is 75.9 Å². The Balaban J connectivity index is 1.49. The van der Waals surface area contributed by atoms with Crippen molar-refractivity contribution in [3.63, 3.8) is 0 Å². The Morgan fingerprint density at radius 2 is 1.76 bits per heavy atom.